The number of aromatic nitrogens is 3. The first-order chi connectivity index (χ1) is 15.5. The van der Waals surface area contributed by atoms with E-state index in [0.717, 1.165) is 32.5 Å². The topological polar surface area (TPSA) is 80.2 Å². The van der Waals surface area contributed by atoms with Crippen LogP contribution in [0, 0.1) is 11.2 Å². The van der Waals surface area contributed by atoms with E-state index >= 15 is 4.39 Å². The highest BCUT2D eigenvalue weighted by molar-refractivity contribution is 6.74. The van der Waals surface area contributed by atoms with Gasteiger partial charge in [0, 0.05) is 55.8 Å². The van der Waals surface area contributed by atoms with E-state index in [0.29, 0.717) is 23.5 Å². The van der Waals surface area contributed by atoms with Gasteiger partial charge in [0.2, 0.25) is 11.9 Å². The van der Waals surface area contributed by atoms with Crippen LogP contribution < -0.4 is 10.2 Å². The van der Waals surface area contributed by atoms with Crippen molar-refractivity contribution < 1.29 is 13.6 Å². The Morgan fingerprint density at radius 1 is 1.18 bits per heavy atom. The predicted molar refractivity (Wildman–Crippen MR) is 129 cm³/mol. The summed E-state index contributed by atoms with van der Waals surface area (Å²) in [6.07, 6.45) is 7.36. The van der Waals surface area contributed by atoms with Crippen LogP contribution in [-0.4, -0.2) is 48.8 Å². The molecule has 2 aliphatic rings. The zero-order valence-electron chi connectivity index (χ0n) is 20.2. The SMILES string of the molecule is CC(C)(C)[Si](C)(C)OCc1ccnc(-c2cnc(N3CCC4(CC3)CNC(=O)C4)nc2)c1F. The van der Waals surface area contributed by atoms with Gasteiger partial charge in [-0.2, -0.15) is 0 Å². The largest absolute Gasteiger partial charge is 0.412 e. The summed E-state index contributed by atoms with van der Waals surface area (Å²) in [5.41, 5.74) is 1.36. The van der Waals surface area contributed by atoms with Crippen molar-refractivity contribution in [2.45, 2.75) is 64.8 Å². The highest BCUT2D eigenvalue weighted by Crippen LogP contribution is 2.39. The summed E-state index contributed by atoms with van der Waals surface area (Å²) in [5.74, 6) is 0.394. The molecule has 1 spiro atoms. The number of anilines is 1. The second-order valence-corrected chi connectivity index (χ2v) is 15.7. The summed E-state index contributed by atoms with van der Waals surface area (Å²) < 4.78 is 21.5. The lowest BCUT2D eigenvalue weighted by Gasteiger charge is -2.38. The van der Waals surface area contributed by atoms with E-state index in [1.807, 2.05) is 0 Å². The van der Waals surface area contributed by atoms with E-state index in [1.165, 1.54) is 0 Å². The average molecular weight is 472 g/mol. The monoisotopic (exact) mass is 471 g/mol. The number of rotatable bonds is 5. The molecule has 178 valence electrons. The van der Waals surface area contributed by atoms with E-state index in [-0.39, 0.29) is 34.5 Å². The van der Waals surface area contributed by atoms with Gasteiger partial charge >= 0.3 is 0 Å². The quantitative estimate of drug-likeness (QED) is 0.655. The highest BCUT2D eigenvalue weighted by Gasteiger charge is 2.41. The molecule has 2 fully saturated rings. The molecule has 2 saturated heterocycles. The minimum absolute atomic E-state index is 0.0565. The smallest absolute Gasteiger partial charge is 0.225 e. The lowest BCUT2D eigenvalue weighted by molar-refractivity contribution is -0.119. The number of carbonyl (C=O) groups is 1. The van der Waals surface area contributed by atoms with Crippen LogP contribution in [-0.2, 0) is 15.8 Å². The van der Waals surface area contributed by atoms with Gasteiger partial charge < -0.3 is 14.6 Å². The fourth-order valence-corrected chi connectivity index (χ4v) is 5.11. The zero-order chi connectivity index (χ0) is 23.9. The molecule has 0 aliphatic carbocycles. The Kier molecular flexibility index (Phi) is 6.30. The highest BCUT2D eigenvalue weighted by atomic mass is 28.4. The molecule has 0 bridgehead atoms. The van der Waals surface area contributed by atoms with Gasteiger partial charge in [-0.25, -0.2) is 14.4 Å². The Balaban J connectivity index is 1.44. The molecule has 2 aliphatic heterocycles. The molecule has 2 aromatic heterocycles. The van der Waals surface area contributed by atoms with Crippen LogP contribution in [0.25, 0.3) is 11.3 Å². The number of amides is 1. The van der Waals surface area contributed by atoms with Crippen molar-refractivity contribution >= 4 is 20.2 Å². The molecule has 0 aromatic carbocycles. The first-order valence-electron chi connectivity index (χ1n) is 11.6. The van der Waals surface area contributed by atoms with E-state index in [4.69, 9.17) is 4.43 Å². The Bertz CT molecular complexity index is 1010. The summed E-state index contributed by atoms with van der Waals surface area (Å²) in [5, 5.41) is 3.01. The molecule has 1 amide bonds. The Morgan fingerprint density at radius 2 is 1.85 bits per heavy atom. The van der Waals surface area contributed by atoms with Crippen molar-refractivity contribution in [1.29, 1.82) is 0 Å². The summed E-state index contributed by atoms with van der Waals surface area (Å²) in [6.45, 7) is 13.4. The molecule has 0 saturated carbocycles. The van der Waals surface area contributed by atoms with Gasteiger partial charge in [-0.3, -0.25) is 9.78 Å². The van der Waals surface area contributed by atoms with E-state index in [1.54, 1.807) is 24.7 Å². The van der Waals surface area contributed by atoms with Crippen molar-refractivity contribution in [3.63, 3.8) is 0 Å². The van der Waals surface area contributed by atoms with Crippen molar-refractivity contribution in [2.24, 2.45) is 5.41 Å². The normalized spacial score (nSPS) is 18.6. The molecule has 0 unspecified atom stereocenters. The van der Waals surface area contributed by atoms with Gasteiger partial charge in [0.05, 0.1) is 6.61 Å². The zero-order valence-corrected chi connectivity index (χ0v) is 21.2. The van der Waals surface area contributed by atoms with Crippen LogP contribution in [0.4, 0.5) is 10.3 Å². The predicted octanol–water partition coefficient (Wildman–Crippen LogP) is 4.31. The van der Waals surface area contributed by atoms with Gasteiger partial charge in [0.15, 0.2) is 14.1 Å². The number of carbonyl (C=O) groups excluding carboxylic acids is 1. The summed E-state index contributed by atoms with van der Waals surface area (Å²) >= 11 is 0. The van der Waals surface area contributed by atoms with Crippen LogP contribution in [0.1, 0.15) is 45.6 Å². The minimum atomic E-state index is -1.99. The summed E-state index contributed by atoms with van der Waals surface area (Å²) in [6, 6.07) is 1.67. The number of piperidine rings is 1. The standard InChI is InChI=1S/C24H34FN5O2Si/c1-23(2,3)33(4,5)32-15-17-6-9-26-21(20(17)25)18-13-27-22(28-14-18)30-10-7-24(8-11-30)12-19(31)29-16-24/h6,9,13-14H,7-8,10-12,15-16H2,1-5H3,(H,29,31). The lowest BCUT2D eigenvalue weighted by atomic mass is 9.78. The van der Waals surface area contributed by atoms with Crippen LogP contribution in [0.15, 0.2) is 24.7 Å². The third-order valence-corrected chi connectivity index (χ3v) is 12.1. The van der Waals surface area contributed by atoms with Crippen molar-refractivity contribution in [1.82, 2.24) is 20.3 Å². The molecular weight excluding hydrogens is 437 g/mol. The van der Waals surface area contributed by atoms with Gasteiger partial charge in [0.1, 0.15) is 5.69 Å². The number of hydrogen-bond donors (Lipinski definition) is 1. The first kappa shape index (κ1) is 23.8. The van der Waals surface area contributed by atoms with Crippen molar-refractivity contribution in [3.05, 3.63) is 36.0 Å². The van der Waals surface area contributed by atoms with E-state index < -0.39 is 8.32 Å². The van der Waals surface area contributed by atoms with E-state index in [9.17, 15) is 4.79 Å². The Labute approximate surface area is 196 Å². The fourth-order valence-electron chi connectivity index (χ4n) is 4.16. The van der Waals surface area contributed by atoms with Crippen LogP contribution >= 0.6 is 0 Å². The van der Waals surface area contributed by atoms with Crippen molar-refractivity contribution in [3.8, 4) is 11.3 Å². The van der Waals surface area contributed by atoms with Crippen LogP contribution in [0.5, 0.6) is 0 Å². The maximum absolute atomic E-state index is 15.3. The molecular formula is C24H34FN5O2Si. The minimum Gasteiger partial charge on any atom is -0.412 e. The number of hydrogen-bond acceptors (Lipinski definition) is 6. The Hall–Kier alpha value is -2.39. The second-order valence-electron chi connectivity index (χ2n) is 10.9. The Morgan fingerprint density at radius 3 is 2.42 bits per heavy atom. The van der Waals surface area contributed by atoms with Gasteiger partial charge in [0.25, 0.3) is 0 Å². The molecule has 4 rings (SSSR count). The third kappa shape index (κ3) is 4.94. The van der Waals surface area contributed by atoms with Gasteiger partial charge in [-0.15, -0.1) is 0 Å². The maximum atomic E-state index is 15.3. The molecule has 0 radical (unpaired) electrons. The molecule has 2 aromatic rings. The average Bonchev–Trinajstić information content (AvgIpc) is 3.13. The summed E-state index contributed by atoms with van der Waals surface area (Å²) in [7, 11) is -1.99. The third-order valence-electron chi connectivity index (χ3n) is 7.58. The number of nitrogens with one attached hydrogen (secondary N) is 1. The fraction of sp³-hybridized carbons (Fsp3) is 0.583. The summed E-state index contributed by atoms with van der Waals surface area (Å²) in [4.78, 5) is 27.0. The molecule has 1 N–H and O–H groups in total. The maximum Gasteiger partial charge on any atom is 0.225 e. The van der Waals surface area contributed by atoms with Crippen LogP contribution in [0.2, 0.25) is 18.1 Å². The van der Waals surface area contributed by atoms with Gasteiger partial charge in [-0.05, 0) is 42.5 Å². The number of nitrogens with zero attached hydrogens (tertiary/aromatic N) is 4. The number of halogens is 1. The molecule has 0 atom stereocenters. The van der Waals surface area contributed by atoms with Crippen molar-refractivity contribution in [2.75, 3.05) is 24.5 Å². The second kappa shape index (κ2) is 8.75. The van der Waals surface area contributed by atoms with Crippen LogP contribution in [0.3, 0.4) is 0 Å². The molecule has 4 heterocycles. The van der Waals surface area contributed by atoms with E-state index in [2.05, 4.69) is 59.0 Å². The first-order valence-corrected chi connectivity index (χ1v) is 14.5. The molecule has 9 heteroatoms. The number of pyridine rings is 1. The lowest BCUT2D eigenvalue weighted by Crippen LogP contribution is -2.41. The molecule has 7 nitrogen and oxygen atoms in total. The molecule has 33 heavy (non-hydrogen) atoms. The van der Waals surface area contributed by atoms with Gasteiger partial charge in [-0.1, -0.05) is 20.8 Å².